The van der Waals surface area contributed by atoms with Crippen molar-refractivity contribution in [1.29, 1.82) is 0 Å². The summed E-state index contributed by atoms with van der Waals surface area (Å²) in [6.45, 7) is 0. The molecule has 12 heteroatoms. The van der Waals surface area contributed by atoms with Crippen LogP contribution in [0.15, 0.2) is 66.7 Å². The summed E-state index contributed by atoms with van der Waals surface area (Å²) in [4.78, 5) is 0. The van der Waals surface area contributed by atoms with Gasteiger partial charge in [-0.15, -0.1) is 0 Å². The molecular weight excluding hydrogens is 552 g/mol. The minimum atomic E-state index is -1.54. The lowest BCUT2D eigenvalue weighted by atomic mass is 9.89. The maximum absolute atomic E-state index is 11.6. The molecule has 9 N–H and O–H groups in total. The molecule has 0 spiro atoms. The topological polar surface area (TPSA) is 210 Å². The first kappa shape index (κ1) is 27.1. The van der Waals surface area contributed by atoms with E-state index in [1.807, 2.05) is 0 Å². The fraction of sp³-hybridized carbons (Fsp3) is 0.200. The number of hydrogen-bond acceptors (Lipinski definition) is 12. The molecule has 2 heterocycles. The lowest BCUT2D eigenvalue weighted by Gasteiger charge is -2.42. The molecule has 6 rings (SSSR count). The smallest absolute Gasteiger partial charge is 0.200 e. The van der Waals surface area contributed by atoms with Crippen molar-refractivity contribution in [2.24, 2.45) is 0 Å². The van der Waals surface area contributed by atoms with Gasteiger partial charge in [-0.05, 0) is 59.7 Å². The summed E-state index contributed by atoms with van der Waals surface area (Å²) in [7, 11) is 0. The molecule has 0 unspecified atom stereocenters. The van der Waals surface area contributed by atoms with Gasteiger partial charge in [0.2, 0.25) is 11.5 Å². The first-order valence-corrected chi connectivity index (χ1v) is 12.8. The van der Waals surface area contributed by atoms with Crippen LogP contribution >= 0.6 is 0 Å². The van der Waals surface area contributed by atoms with Crippen LogP contribution < -0.4 is 9.47 Å². The van der Waals surface area contributed by atoms with Crippen LogP contribution in [0.25, 0.3) is 0 Å². The number of benzene rings is 4. The Hall–Kier alpha value is -5.04. The molecule has 218 valence electrons. The van der Waals surface area contributed by atoms with E-state index in [0.29, 0.717) is 5.56 Å². The average Bonchev–Trinajstić information content (AvgIpc) is 2.97. The van der Waals surface area contributed by atoms with E-state index in [0.717, 1.165) is 6.07 Å². The standard InChI is InChI=1S/C30H26O12/c31-14-4-1-12(2-5-14)25-23(38)29(15-6-9-18(33)21(36)27(15)40-25)42-30-16-7-10-19(34)22(37)28(16)41-26(24(30)39)13-3-8-17(32)20(35)11-13/h1-11,23-26,29-39H/t23-,24-,25+,26-,29-,30-/m0/s1. The second-order valence-electron chi connectivity index (χ2n) is 10.1. The van der Waals surface area contributed by atoms with Crippen LogP contribution in [-0.2, 0) is 4.74 Å². The molecule has 0 saturated carbocycles. The third-order valence-corrected chi connectivity index (χ3v) is 7.47. The summed E-state index contributed by atoms with van der Waals surface area (Å²) in [6, 6.07) is 14.6. The van der Waals surface area contributed by atoms with Crippen molar-refractivity contribution in [3.63, 3.8) is 0 Å². The Morgan fingerprint density at radius 2 is 0.952 bits per heavy atom. The summed E-state index contributed by atoms with van der Waals surface area (Å²) in [6.07, 6.45) is -8.12. The highest BCUT2D eigenvalue weighted by atomic mass is 16.6. The summed E-state index contributed by atoms with van der Waals surface area (Å²) in [5, 5.41) is 94.3. The summed E-state index contributed by atoms with van der Waals surface area (Å²) >= 11 is 0. The first-order chi connectivity index (χ1) is 20.0. The Labute approximate surface area is 237 Å². The van der Waals surface area contributed by atoms with Gasteiger partial charge < -0.3 is 60.2 Å². The van der Waals surface area contributed by atoms with E-state index in [1.54, 1.807) is 0 Å². The number of hydrogen-bond donors (Lipinski definition) is 9. The number of aliphatic hydroxyl groups is 2. The molecule has 0 bridgehead atoms. The molecule has 0 radical (unpaired) electrons. The van der Waals surface area contributed by atoms with Crippen molar-refractivity contribution in [2.75, 3.05) is 0 Å². The zero-order chi connectivity index (χ0) is 29.9. The third-order valence-electron chi connectivity index (χ3n) is 7.47. The van der Waals surface area contributed by atoms with Crippen molar-refractivity contribution >= 4 is 0 Å². The third kappa shape index (κ3) is 4.38. The summed E-state index contributed by atoms with van der Waals surface area (Å²) in [5.74, 6) is -3.60. The molecule has 0 aromatic heterocycles. The van der Waals surface area contributed by atoms with Gasteiger partial charge in [0.05, 0.1) is 0 Å². The summed E-state index contributed by atoms with van der Waals surface area (Å²) in [5.41, 5.74) is 0.837. The number of phenols is 7. The number of rotatable bonds is 4. The number of ether oxygens (including phenoxy) is 3. The largest absolute Gasteiger partial charge is 0.508 e. The van der Waals surface area contributed by atoms with Gasteiger partial charge in [0, 0.05) is 11.1 Å². The molecule has 12 nitrogen and oxygen atoms in total. The Morgan fingerprint density at radius 1 is 0.500 bits per heavy atom. The number of fused-ring (bicyclic) bond motifs is 2. The van der Waals surface area contributed by atoms with Crippen molar-refractivity contribution in [1.82, 2.24) is 0 Å². The predicted octanol–water partition coefficient (Wildman–Crippen LogP) is 3.41. The van der Waals surface area contributed by atoms with E-state index >= 15 is 0 Å². The SMILES string of the molecule is Oc1ccc([C@H]2Oc3c(ccc(O)c3O)[C@H](O[C@H]3c4ccc(O)c(O)c4O[C@@H](c4ccc(O)c(O)c4)[C@@H]3O)[C@H]2O)cc1. The first-order valence-electron chi connectivity index (χ1n) is 12.8. The Kier molecular flexibility index (Phi) is 6.53. The fourth-order valence-corrected chi connectivity index (χ4v) is 5.30. The van der Waals surface area contributed by atoms with Gasteiger partial charge in [0.1, 0.15) is 30.2 Å². The van der Waals surface area contributed by atoms with Gasteiger partial charge in [0.25, 0.3) is 0 Å². The lowest BCUT2D eigenvalue weighted by molar-refractivity contribution is -0.175. The fourth-order valence-electron chi connectivity index (χ4n) is 5.30. The van der Waals surface area contributed by atoms with Crippen LogP contribution in [0.4, 0.5) is 0 Å². The Morgan fingerprint density at radius 3 is 1.45 bits per heavy atom. The van der Waals surface area contributed by atoms with Crippen LogP contribution in [0.1, 0.15) is 46.7 Å². The zero-order valence-electron chi connectivity index (χ0n) is 21.6. The highest BCUT2D eigenvalue weighted by Gasteiger charge is 2.47. The van der Waals surface area contributed by atoms with Crippen LogP contribution in [0.5, 0.6) is 51.7 Å². The maximum Gasteiger partial charge on any atom is 0.200 e. The molecule has 0 aliphatic carbocycles. The van der Waals surface area contributed by atoms with Crippen LogP contribution in [-0.4, -0.2) is 58.2 Å². The quantitative estimate of drug-likeness (QED) is 0.160. The second-order valence-corrected chi connectivity index (χ2v) is 10.1. The number of phenolic OH excluding ortho intramolecular Hbond substituents is 7. The number of aromatic hydroxyl groups is 7. The lowest BCUT2D eigenvalue weighted by Crippen LogP contribution is -2.41. The second kappa shape index (κ2) is 10.1. The Balaban J connectivity index is 1.46. The molecule has 4 aromatic rings. The highest BCUT2D eigenvalue weighted by molar-refractivity contribution is 5.58. The van der Waals surface area contributed by atoms with E-state index in [-0.39, 0.29) is 33.9 Å². The molecule has 2 aliphatic heterocycles. The molecular formula is C30H26O12. The zero-order valence-corrected chi connectivity index (χ0v) is 21.6. The van der Waals surface area contributed by atoms with Crippen molar-refractivity contribution in [2.45, 2.75) is 36.6 Å². The van der Waals surface area contributed by atoms with E-state index in [1.165, 1.54) is 60.7 Å². The van der Waals surface area contributed by atoms with Gasteiger partial charge >= 0.3 is 0 Å². The van der Waals surface area contributed by atoms with Crippen molar-refractivity contribution in [3.8, 4) is 51.7 Å². The molecule has 0 saturated heterocycles. The molecule has 0 amide bonds. The van der Waals surface area contributed by atoms with Gasteiger partial charge in [-0.2, -0.15) is 0 Å². The van der Waals surface area contributed by atoms with Crippen LogP contribution in [0.2, 0.25) is 0 Å². The highest BCUT2D eigenvalue weighted by Crippen LogP contribution is 2.55. The summed E-state index contributed by atoms with van der Waals surface area (Å²) < 4.78 is 18.2. The van der Waals surface area contributed by atoms with E-state index in [9.17, 15) is 46.0 Å². The van der Waals surface area contributed by atoms with E-state index in [2.05, 4.69) is 0 Å². The van der Waals surface area contributed by atoms with Crippen LogP contribution in [0.3, 0.4) is 0 Å². The van der Waals surface area contributed by atoms with Gasteiger partial charge in [-0.3, -0.25) is 0 Å². The normalized spacial score (nSPS) is 24.6. The molecule has 6 atom stereocenters. The maximum atomic E-state index is 11.6. The van der Waals surface area contributed by atoms with Crippen LogP contribution in [0, 0.1) is 0 Å². The van der Waals surface area contributed by atoms with Crippen molar-refractivity contribution < 1.29 is 60.2 Å². The minimum Gasteiger partial charge on any atom is -0.508 e. The molecule has 4 aromatic carbocycles. The minimum absolute atomic E-state index is 0.0333. The Bertz CT molecular complexity index is 1650. The molecule has 2 aliphatic rings. The molecule has 42 heavy (non-hydrogen) atoms. The molecule has 0 fully saturated rings. The predicted molar refractivity (Wildman–Crippen MR) is 143 cm³/mol. The van der Waals surface area contributed by atoms with E-state index in [4.69, 9.17) is 14.2 Å². The van der Waals surface area contributed by atoms with Gasteiger partial charge in [0.15, 0.2) is 46.7 Å². The average molecular weight is 579 g/mol. The number of aliphatic hydroxyl groups excluding tert-OH is 2. The van der Waals surface area contributed by atoms with Gasteiger partial charge in [-0.25, -0.2) is 0 Å². The monoisotopic (exact) mass is 578 g/mol. The van der Waals surface area contributed by atoms with Crippen molar-refractivity contribution in [3.05, 3.63) is 89.0 Å². The van der Waals surface area contributed by atoms with E-state index < -0.39 is 71.1 Å². The van der Waals surface area contributed by atoms with Gasteiger partial charge in [-0.1, -0.05) is 18.2 Å².